The van der Waals surface area contributed by atoms with E-state index in [0.717, 1.165) is 17.5 Å². The molecule has 26 heavy (non-hydrogen) atoms. The Balaban J connectivity index is 1.67. The van der Waals surface area contributed by atoms with Crippen LogP contribution in [0.15, 0.2) is 69.9 Å². The summed E-state index contributed by atoms with van der Waals surface area (Å²) in [6.07, 6.45) is 0.819. The third kappa shape index (κ3) is 4.01. The van der Waals surface area contributed by atoms with Crippen LogP contribution in [0.2, 0.25) is 0 Å². The number of hydrogen-bond donors (Lipinski definition) is 1. The molecule has 0 saturated heterocycles. The van der Waals surface area contributed by atoms with Gasteiger partial charge in [0.2, 0.25) is 0 Å². The number of hydrazone groups is 1. The van der Waals surface area contributed by atoms with Crippen molar-refractivity contribution in [3.63, 3.8) is 0 Å². The highest BCUT2D eigenvalue weighted by Gasteiger charge is 2.32. The van der Waals surface area contributed by atoms with Crippen molar-refractivity contribution in [3.05, 3.63) is 71.3 Å². The molecule has 3 rings (SSSR count). The van der Waals surface area contributed by atoms with Crippen molar-refractivity contribution >= 4 is 5.84 Å². The van der Waals surface area contributed by atoms with Gasteiger partial charge in [-0.2, -0.15) is 10.2 Å². The molecule has 1 heterocycles. The van der Waals surface area contributed by atoms with E-state index in [9.17, 15) is 0 Å². The highest BCUT2D eigenvalue weighted by molar-refractivity contribution is 5.99. The lowest BCUT2D eigenvalue weighted by molar-refractivity contribution is 0.132. The normalized spacial score (nSPS) is 17.6. The topological polar surface area (TPSA) is 49.1 Å². The summed E-state index contributed by atoms with van der Waals surface area (Å²) in [5.74, 6) is 0.616. The number of amidine groups is 1. The number of nitrogens with zero attached hydrogens (tertiary/aromatic N) is 3. The van der Waals surface area contributed by atoms with E-state index < -0.39 is 0 Å². The minimum Gasteiger partial charge on any atom is -0.278 e. The van der Waals surface area contributed by atoms with E-state index in [0.29, 0.717) is 5.84 Å². The first-order valence-electron chi connectivity index (χ1n) is 9.15. The van der Waals surface area contributed by atoms with Crippen LogP contribution in [0.4, 0.5) is 0 Å². The molecule has 4 heteroatoms. The van der Waals surface area contributed by atoms with E-state index in [2.05, 4.69) is 79.6 Å². The van der Waals surface area contributed by atoms with Crippen LogP contribution in [-0.2, 0) is 6.42 Å². The van der Waals surface area contributed by atoms with E-state index in [1.807, 2.05) is 30.3 Å². The minimum atomic E-state index is -0.230. The lowest BCUT2D eigenvalue weighted by Crippen LogP contribution is -2.31. The SMILES string of the molecule is CC(C)(C)C(C)(C)Cc1ccc(C2N=NC(c3ccccc3)=NN2)cc1. The third-order valence-corrected chi connectivity index (χ3v) is 5.56. The second-order valence-corrected chi connectivity index (χ2v) is 8.60. The van der Waals surface area contributed by atoms with Gasteiger partial charge in [-0.05, 0) is 28.4 Å². The first-order valence-corrected chi connectivity index (χ1v) is 9.15. The predicted octanol–water partition coefficient (Wildman–Crippen LogP) is 5.72. The van der Waals surface area contributed by atoms with Crippen molar-refractivity contribution < 1.29 is 0 Å². The molecule has 2 aromatic rings. The van der Waals surface area contributed by atoms with Crippen LogP contribution < -0.4 is 5.43 Å². The molecule has 0 aliphatic carbocycles. The van der Waals surface area contributed by atoms with Crippen molar-refractivity contribution in [1.29, 1.82) is 0 Å². The molecule has 136 valence electrons. The fourth-order valence-electron chi connectivity index (χ4n) is 2.73. The Morgan fingerprint density at radius 2 is 1.54 bits per heavy atom. The van der Waals surface area contributed by atoms with Crippen molar-refractivity contribution in [1.82, 2.24) is 5.43 Å². The summed E-state index contributed by atoms with van der Waals surface area (Å²) < 4.78 is 0. The Kier molecular flexibility index (Phi) is 4.94. The molecule has 0 bridgehead atoms. The molecule has 1 unspecified atom stereocenters. The first-order chi connectivity index (χ1) is 12.3. The van der Waals surface area contributed by atoms with E-state index in [4.69, 9.17) is 0 Å². The van der Waals surface area contributed by atoms with Gasteiger partial charge in [-0.1, -0.05) is 89.2 Å². The standard InChI is InChI=1S/C22H28N4/c1-21(2,3)22(4,5)15-16-11-13-18(14-12-16)20-25-23-19(24-26-20)17-9-7-6-8-10-17/h6-14,20,25H,15H2,1-5H3. The van der Waals surface area contributed by atoms with Crippen LogP contribution in [-0.4, -0.2) is 5.84 Å². The van der Waals surface area contributed by atoms with Gasteiger partial charge in [-0.15, -0.1) is 5.11 Å². The smallest absolute Gasteiger partial charge is 0.200 e. The van der Waals surface area contributed by atoms with Crippen LogP contribution in [0.1, 0.15) is 57.5 Å². The molecule has 0 aromatic heterocycles. The third-order valence-electron chi connectivity index (χ3n) is 5.56. The molecule has 0 radical (unpaired) electrons. The second kappa shape index (κ2) is 7.02. The monoisotopic (exact) mass is 348 g/mol. The van der Waals surface area contributed by atoms with Gasteiger partial charge in [-0.3, -0.25) is 5.43 Å². The average Bonchev–Trinajstić information content (AvgIpc) is 2.62. The highest BCUT2D eigenvalue weighted by atomic mass is 15.4. The number of benzene rings is 2. The van der Waals surface area contributed by atoms with Gasteiger partial charge >= 0.3 is 0 Å². The Labute approximate surface area is 156 Å². The lowest BCUT2D eigenvalue weighted by atomic mass is 9.66. The number of rotatable bonds is 4. The maximum absolute atomic E-state index is 4.38. The summed E-state index contributed by atoms with van der Waals surface area (Å²) in [6.45, 7) is 11.6. The van der Waals surface area contributed by atoms with Crippen molar-refractivity contribution in [2.24, 2.45) is 26.2 Å². The predicted molar refractivity (Wildman–Crippen MR) is 107 cm³/mol. The first kappa shape index (κ1) is 18.3. The second-order valence-electron chi connectivity index (χ2n) is 8.60. The molecule has 0 amide bonds. The molecule has 0 spiro atoms. The molecule has 1 atom stereocenters. The zero-order chi connectivity index (χ0) is 18.8. The van der Waals surface area contributed by atoms with Crippen LogP contribution >= 0.6 is 0 Å². The summed E-state index contributed by atoms with van der Waals surface area (Å²) >= 11 is 0. The largest absolute Gasteiger partial charge is 0.278 e. The molecule has 0 fully saturated rings. The Morgan fingerprint density at radius 3 is 2.08 bits per heavy atom. The van der Waals surface area contributed by atoms with Crippen LogP contribution in [0.3, 0.4) is 0 Å². The Morgan fingerprint density at radius 1 is 0.885 bits per heavy atom. The number of nitrogens with one attached hydrogen (secondary N) is 1. The summed E-state index contributed by atoms with van der Waals surface area (Å²) in [4.78, 5) is 0. The maximum Gasteiger partial charge on any atom is 0.200 e. The molecule has 1 N–H and O–H groups in total. The summed E-state index contributed by atoms with van der Waals surface area (Å²) in [6, 6.07) is 18.5. The average molecular weight is 348 g/mol. The summed E-state index contributed by atoms with van der Waals surface area (Å²) in [5, 5.41) is 13.0. The highest BCUT2D eigenvalue weighted by Crippen LogP contribution is 2.40. The summed E-state index contributed by atoms with van der Waals surface area (Å²) in [7, 11) is 0. The van der Waals surface area contributed by atoms with Gasteiger partial charge in [0.15, 0.2) is 12.0 Å². The van der Waals surface area contributed by atoms with Crippen LogP contribution in [0.5, 0.6) is 0 Å². The van der Waals surface area contributed by atoms with Gasteiger partial charge in [0.05, 0.1) is 0 Å². The van der Waals surface area contributed by atoms with Gasteiger partial charge < -0.3 is 0 Å². The lowest BCUT2D eigenvalue weighted by Gasteiger charge is -2.39. The van der Waals surface area contributed by atoms with Gasteiger partial charge in [0.25, 0.3) is 0 Å². The van der Waals surface area contributed by atoms with Gasteiger partial charge in [0, 0.05) is 5.56 Å². The maximum atomic E-state index is 4.38. The zero-order valence-corrected chi connectivity index (χ0v) is 16.3. The molecule has 2 aromatic carbocycles. The summed E-state index contributed by atoms with van der Waals surface area (Å²) in [5.41, 5.74) is 6.96. The molecular formula is C22H28N4. The Bertz CT molecular complexity index is 796. The molecule has 1 aliphatic heterocycles. The van der Waals surface area contributed by atoms with E-state index >= 15 is 0 Å². The number of azo groups is 1. The molecule has 4 nitrogen and oxygen atoms in total. The van der Waals surface area contributed by atoms with Crippen molar-refractivity contribution in [3.8, 4) is 0 Å². The van der Waals surface area contributed by atoms with Gasteiger partial charge in [0.1, 0.15) is 0 Å². The van der Waals surface area contributed by atoms with Crippen molar-refractivity contribution in [2.75, 3.05) is 0 Å². The van der Waals surface area contributed by atoms with Gasteiger partial charge in [-0.25, -0.2) is 0 Å². The molecule has 1 aliphatic rings. The van der Waals surface area contributed by atoms with Crippen LogP contribution in [0, 0.1) is 10.8 Å². The van der Waals surface area contributed by atoms with Crippen LogP contribution in [0.25, 0.3) is 0 Å². The fourth-order valence-corrected chi connectivity index (χ4v) is 2.73. The van der Waals surface area contributed by atoms with E-state index in [1.165, 1.54) is 5.56 Å². The fraction of sp³-hybridized carbons (Fsp3) is 0.409. The van der Waals surface area contributed by atoms with Crippen molar-refractivity contribution in [2.45, 2.75) is 47.2 Å². The van der Waals surface area contributed by atoms with E-state index in [1.54, 1.807) is 0 Å². The quantitative estimate of drug-likeness (QED) is 0.755. The molecule has 0 saturated carbocycles. The Hall–Kier alpha value is -2.49. The molecular weight excluding hydrogens is 320 g/mol. The number of hydrogen-bond acceptors (Lipinski definition) is 4. The minimum absolute atomic E-state index is 0.228. The van der Waals surface area contributed by atoms with E-state index in [-0.39, 0.29) is 17.0 Å². The zero-order valence-electron chi connectivity index (χ0n) is 16.3.